The summed E-state index contributed by atoms with van der Waals surface area (Å²) in [6.45, 7) is 4.74. The first-order valence-corrected chi connectivity index (χ1v) is 11.6. The van der Waals surface area contributed by atoms with Gasteiger partial charge in [-0.15, -0.1) is 11.3 Å². The number of likely N-dealkylation sites (N-methyl/N-ethyl adjacent to an activating group) is 1. The van der Waals surface area contributed by atoms with Gasteiger partial charge in [-0.2, -0.15) is 8.78 Å². The predicted octanol–water partition coefficient (Wildman–Crippen LogP) is 5.15. The van der Waals surface area contributed by atoms with Gasteiger partial charge in [-0.05, 0) is 56.3 Å². The number of furan rings is 1. The van der Waals surface area contributed by atoms with E-state index in [-0.39, 0.29) is 23.5 Å². The second-order valence-corrected chi connectivity index (χ2v) is 9.37. The van der Waals surface area contributed by atoms with Crippen molar-refractivity contribution >= 4 is 22.2 Å². The van der Waals surface area contributed by atoms with Gasteiger partial charge in [-0.25, -0.2) is 0 Å². The summed E-state index contributed by atoms with van der Waals surface area (Å²) in [4.78, 5) is 18.5. The number of benzene rings is 1. The Morgan fingerprint density at radius 1 is 1.12 bits per heavy atom. The molecule has 4 rings (SSSR count). The molecule has 0 spiro atoms. The molecule has 1 aromatic carbocycles. The number of alkyl halides is 2. The number of carbonyl (C=O) groups is 1. The first-order chi connectivity index (χ1) is 15.8. The number of thiophene rings is 1. The first kappa shape index (κ1) is 23.4. The van der Waals surface area contributed by atoms with Gasteiger partial charge in [0, 0.05) is 36.6 Å². The van der Waals surface area contributed by atoms with Gasteiger partial charge in [0.15, 0.2) is 5.76 Å². The Hall–Kier alpha value is -2.75. The number of anilines is 1. The fourth-order valence-electron chi connectivity index (χ4n) is 4.11. The van der Waals surface area contributed by atoms with Crippen LogP contribution < -0.4 is 10.1 Å². The molecule has 1 saturated heterocycles. The Morgan fingerprint density at radius 3 is 2.42 bits per heavy atom. The number of halogens is 2. The highest BCUT2D eigenvalue weighted by Gasteiger charge is 2.31. The van der Waals surface area contributed by atoms with Crippen LogP contribution in [0.25, 0.3) is 0 Å². The zero-order valence-corrected chi connectivity index (χ0v) is 19.6. The van der Waals surface area contributed by atoms with Gasteiger partial charge in [-0.1, -0.05) is 12.1 Å². The summed E-state index contributed by atoms with van der Waals surface area (Å²) in [5, 5.41) is 3.80. The van der Waals surface area contributed by atoms with Gasteiger partial charge in [0.2, 0.25) is 0 Å². The molecular weight excluding hydrogens is 448 g/mol. The molecule has 1 atom stereocenters. The first-order valence-electron chi connectivity index (χ1n) is 10.8. The fourth-order valence-corrected chi connectivity index (χ4v) is 5.20. The third-order valence-electron chi connectivity index (χ3n) is 6.00. The van der Waals surface area contributed by atoms with E-state index < -0.39 is 6.61 Å². The van der Waals surface area contributed by atoms with E-state index in [1.54, 1.807) is 24.3 Å². The molecule has 0 saturated carbocycles. The summed E-state index contributed by atoms with van der Waals surface area (Å²) in [5.74, 6) is 0.0602. The number of aryl methyl sites for hydroxylation is 1. The minimum Gasteiger partial charge on any atom is -0.459 e. The number of piperazine rings is 1. The monoisotopic (exact) mass is 475 g/mol. The van der Waals surface area contributed by atoms with Crippen molar-refractivity contribution in [2.45, 2.75) is 26.5 Å². The molecule has 1 unspecified atom stereocenters. The molecule has 0 radical (unpaired) electrons. The minimum atomic E-state index is -2.87. The van der Waals surface area contributed by atoms with Crippen molar-refractivity contribution in [1.82, 2.24) is 9.80 Å². The molecule has 9 heteroatoms. The van der Waals surface area contributed by atoms with Crippen LogP contribution >= 0.6 is 11.3 Å². The third kappa shape index (κ3) is 5.26. The number of rotatable bonds is 7. The zero-order valence-electron chi connectivity index (χ0n) is 18.8. The standard InChI is InChI=1S/C24H27F2N3O3S/c1-15-16(2)33-23(27-22(30)19-5-4-14-31-19)20(15)21(29-12-10-28(3)11-13-29)17-6-8-18(9-7-17)32-24(25)26/h4-9,14,21,24H,10-13H2,1-3H3,(H,27,30). The maximum Gasteiger partial charge on any atom is 0.387 e. The molecule has 0 bridgehead atoms. The van der Waals surface area contributed by atoms with Gasteiger partial charge in [-0.3, -0.25) is 9.69 Å². The number of ether oxygens (including phenoxy) is 1. The fraction of sp³-hybridized carbons (Fsp3) is 0.375. The van der Waals surface area contributed by atoms with E-state index in [1.165, 1.54) is 17.6 Å². The molecular formula is C24H27F2N3O3S. The van der Waals surface area contributed by atoms with E-state index in [1.807, 2.05) is 19.1 Å². The van der Waals surface area contributed by atoms with E-state index in [0.717, 1.165) is 52.7 Å². The Balaban J connectivity index is 1.73. The van der Waals surface area contributed by atoms with Crippen molar-refractivity contribution in [3.63, 3.8) is 0 Å². The van der Waals surface area contributed by atoms with E-state index in [9.17, 15) is 13.6 Å². The quantitative estimate of drug-likeness (QED) is 0.512. The molecule has 1 aliphatic rings. The molecule has 1 N–H and O–H groups in total. The zero-order chi connectivity index (χ0) is 23.5. The van der Waals surface area contributed by atoms with Gasteiger partial charge >= 0.3 is 6.61 Å². The molecule has 2 aromatic heterocycles. The van der Waals surface area contributed by atoms with E-state index in [0.29, 0.717) is 0 Å². The SMILES string of the molecule is Cc1sc(NC(=O)c2ccco2)c(C(c2ccc(OC(F)F)cc2)N2CCN(C)CC2)c1C. The van der Waals surface area contributed by atoms with Crippen LogP contribution in [0.3, 0.4) is 0 Å². The van der Waals surface area contributed by atoms with E-state index in [4.69, 9.17) is 4.42 Å². The Labute approximate surface area is 195 Å². The Morgan fingerprint density at radius 2 is 1.82 bits per heavy atom. The summed E-state index contributed by atoms with van der Waals surface area (Å²) < 4.78 is 35.1. The lowest BCUT2D eigenvalue weighted by Gasteiger charge is -2.39. The minimum absolute atomic E-state index is 0.121. The normalized spacial score (nSPS) is 16.2. The van der Waals surface area contributed by atoms with Crippen molar-refractivity contribution in [2.24, 2.45) is 0 Å². The number of nitrogens with one attached hydrogen (secondary N) is 1. The highest BCUT2D eigenvalue weighted by Crippen LogP contribution is 2.43. The van der Waals surface area contributed by atoms with Crippen LogP contribution in [-0.2, 0) is 0 Å². The average Bonchev–Trinajstić information content (AvgIpc) is 3.41. The Bertz CT molecular complexity index is 1080. The van der Waals surface area contributed by atoms with E-state index >= 15 is 0 Å². The number of carbonyl (C=O) groups excluding carboxylic acids is 1. The van der Waals surface area contributed by atoms with Crippen LogP contribution in [0.1, 0.15) is 38.2 Å². The molecule has 1 fully saturated rings. The third-order valence-corrected chi connectivity index (χ3v) is 7.14. The van der Waals surface area contributed by atoms with Gasteiger partial charge in [0.25, 0.3) is 5.91 Å². The summed E-state index contributed by atoms with van der Waals surface area (Å²) in [6.07, 6.45) is 1.47. The molecule has 6 nitrogen and oxygen atoms in total. The number of amides is 1. The van der Waals surface area contributed by atoms with Gasteiger partial charge in [0.1, 0.15) is 10.8 Å². The average molecular weight is 476 g/mol. The topological polar surface area (TPSA) is 58.0 Å². The molecule has 1 aliphatic heterocycles. The second-order valence-electron chi connectivity index (χ2n) is 8.15. The largest absolute Gasteiger partial charge is 0.459 e. The predicted molar refractivity (Wildman–Crippen MR) is 124 cm³/mol. The Kier molecular flexibility index (Phi) is 7.11. The summed E-state index contributed by atoms with van der Waals surface area (Å²) in [7, 11) is 2.10. The maximum absolute atomic E-state index is 12.8. The summed E-state index contributed by atoms with van der Waals surface area (Å²) >= 11 is 1.53. The lowest BCUT2D eigenvalue weighted by molar-refractivity contribution is -0.0498. The molecule has 33 heavy (non-hydrogen) atoms. The molecule has 3 heterocycles. The van der Waals surface area contributed by atoms with Crippen molar-refractivity contribution in [2.75, 3.05) is 38.5 Å². The van der Waals surface area contributed by atoms with Crippen molar-refractivity contribution in [3.05, 3.63) is 70.0 Å². The van der Waals surface area contributed by atoms with Crippen molar-refractivity contribution in [3.8, 4) is 5.75 Å². The highest BCUT2D eigenvalue weighted by atomic mass is 32.1. The van der Waals surface area contributed by atoms with Crippen molar-refractivity contribution in [1.29, 1.82) is 0 Å². The van der Waals surface area contributed by atoms with E-state index in [2.05, 4.69) is 33.8 Å². The van der Waals surface area contributed by atoms with Crippen LogP contribution in [0, 0.1) is 13.8 Å². The van der Waals surface area contributed by atoms with Crippen LogP contribution in [0.4, 0.5) is 13.8 Å². The van der Waals surface area contributed by atoms with Crippen LogP contribution in [-0.4, -0.2) is 55.5 Å². The number of hydrogen-bond acceptors (Lipinski definition) is 6. The van der Waals surface area contributed by atoms with Crippen LogP contribution in [0.15, 0.2) is 47.1 Å². The lowest BCUT2D eigenvalue weighted by atomic mass is 9.94. The maximum atomic E-state index is 12.8. The number of hydrogen-bond donors (Lipinski definition) is 1. The lowest BCUT2D eigenvalue weighted by Crippen LogP contribution is -2.46. The van der Waals surface area contributed by atoms with Gasteiger partial charge < -0.3 is 19.4 Å². The summed E-state index contributed by atoms with van der Waals surface area (Å²) in [6, 6.07) is 9.95. The molecule has 1 amide bonds. The highest BCUT2D eigenvalue weighted by molar-refractivity contribution is 7.16. The number of nitrogens with zero attached hydrogens (tertiary/aromatic N) is 2. The van der Waals surface area contributed by atoms with Crippen LogP contribution in [0.5, 0.6) is 5.75 Å². The van der Waals surface area contributed by atoms with Crippen LogP contribution in [0.2, 0.25) is 0 Å². The molecule has 176 valence electrons. The van der Waals surface area contributed by atoms with Gasteiger partial charge in [0.05, 0.1) is 12.3 Å². The molecule has 0 aliphatic carbocycles. The van der Waals surface area contributed by atoms with Crippen molar-refractivity contribution < 1.29 is 22.7 Å². The second kappa shape index (κ2) is 10.0. The summed E-state index contributed by atoms with van der Waals surface area (Å²) in [5.41, 5.74) is 3.08. The molecule has 3 aromatic rings. The smallest absolute Gasteiger partial charge is 0.387 e.